The molecule has 0 aromatic heterocycles. The summed E-state index contributed by atoms with van der Waals surface area (Å²) in [4.78, 5) is 10.9. The highest BCUT2D eigenvalue weighted by atomic mass is 35.5. The summed E-state index contributed by atoms with van der Waals surface area (Å²) in [5.41, 5.74) is 7.73. The summed E-state index contributed by atoms with van der Waals surface area (Å²) in [7, 11) is 0. The molecule has 1 aromatic carbocycles. The van der Waals surface area contributed by atoms with Crippen LogP contribution in [0, 0.1) is 5.92 Å². The molecule has 0 fully saturated rings. The zero-order valence-corrected chi connectivity index (χ0v) is 11.1. The van der Waals surface area contributed by atoms with Gasteiger partial charge in [-0.15, -0.1) is 12.4 Å². The summed E-state index contributed by atoms with van der Waals surface area (Å²) < 4.78 is 0. The fourth-order valence-corrected chi connectivity index (χ4v) is 2.45. The Bertz CT molecular complexity index is 451. The Kier molecular flexibility index (Phi) is 4.67. The third kappa shape index (κ3) is 2.86. The lowest BCUT2D eigenvalue weighted by Crippen LogP contribution is -2.28. The average molecular weight is 297 g/mol. The van der Waals surface area contributed by atoms with Crippen LogP contribution in [-0.4, -0.2) is 11.1 Å². The summed E-state index contributed by atoms with van der Waals surface area (Å²) in [6.45, 7) is 0. The number of halogens is 3. The number of carbonyl (C=O) groups is 1. The smallest absolute Gasteiger partial charge is 0.306 e. The van der Waals surface area contributed by atoms with Crippen LogP contribution in [0.25, 0.3) is 0 Å². The third-order valence-electron chi connectivity index (χ3n) is 2.94. The first-order valence-corrected chi connectivity index (χ1v) is 5.71. The van der Waals surface area contributed by atoms with Gasteiger partial charge in [0, 0.05) is 6.04 Å². The summed E-state index contributed by atoms with van der Waals surface area (Å²) in [6.07, 6.45) is 0.912. The van der Waals surface area contributed by atoms with Crippen molar-refractivity contribution in [3.8, 4) is 0 Å². The maximum atomic E-state index is 10.9. The number of carboxylic acid groups (broad SMARTS) is 1. The van der Waals surface area contributed by atoms with Crippen LogP contribution in [0.15, 0.2) is 12.1 Å². The zero-order chi connectivity index (χ0) is 11.9. The topological polar surface area (TPSA) is 63.3 Å². The van der Waals surface area contributed by atoms with Gasteiger partial charge in [-0.2, -0.15) is 0 Å². The van der Waals surface area contributed by atoms with E-state index in [9.17, 15) is 4.79 Å². The van der Waals surface area contributed by atoms with Gasteiger partial charge in [-0.1, -0.05) is 23.2 Å². The first-order valence-electron chi connectivity index (χ1n) is 4.95. The number of fused-ring (bicyclic) bond motifs is 1. The number of nitrogens with two attached hydrogens (primary N) is 1. The molecule has 0 saturated heterocycles. The molecule has 17 heavy (non-hydrogen) atoms. The molecule has 0 heterocycles. The Hall–Kier alpha value is -0.480. The zero-order valence-electron chi connectivity index (χ0n) is 8.82. The second kappa shape index (κ2) is 5.44. The number of hydrogen-bond acceptors (Lipinski definition) is 2. The maximum Gasteiger partial charge on any atom is 0.306 e. The molecule has 94 valence electrons. The van der Waals surface area contributed by atoms with E-state index in [0.29, 0.717) is 22.9 Å². The maximum absolute atomic E-state index is 10.9. The van der Waals surface area contributed by atoms with Crippen LogP contribution in [0.5, 0.6) is 0 Å². The van der Waals surface area contributed by atoms with Crippen molar-refractivity contribution in [1.29, 1.82) is 0 Å². The number of aliphatic carboxylic acids is 1. The monoisotopic (exact) mass is 295 g/mol. The van der Waals surface area contributed by atoms with Crippen LogP contribution in [0.3, 0.4) is 0 Å². The Morgan fingerprint density at radius 1 is 1.35 bits per heavy atom. The predicted molar refractivity (Wildman–Crippen MR) is 70.1 cm³/mol. The highest BCUT2D eigenvalue weighted by Gasteiger charge is 2.29. The van der Waals surface area contributed by atoms with E-state index in [0.717, 1.165) is 11.1 Å². The Morgan fingerprint density at radius 3 is 2.53 bits per heavy atom. The van der Waals surface area contributed by atoms with E-state index in [1.165, 1.54) is 0 Å². The molecule has 1 aliphatic rings. The lowest BCUT2D eigenvalue weighted by molar-refractivity contribution is -0.142. The van der Waals surface area contributed by atoms with Gasteiger partial charge in [0.05, 0.1) is 16.0 Å². The van der Waals surface area contributed by atoms with Crippen molar-refractivity contribution >= 4 is 41.6 Å². The van der Waals surface area contributed by atoms with Crippen LogP contribution in [0.1, 0.15) is 23.6 Å². The van der Waals surface area contributed by atoms with Crippen molar-refractivity contribution in [2.75, 3.05) is 0 Å². The number of rotatable bonds is 1. The van der Waals surface area contributed by atoms with E-state index >= 15 is 0 Å². The highest BCUT2D eigenvalue weighted by molar-refractivity contribution is 6.42. The number of benzene rings is 1. The molecule has 3 nitrogen and oxygen atoms in total. The van der Waals surface area contributed by atoms with Crippen LogP contribution < -0.4 is 5.73 Å². The van der Waals surface area contributed by atoms with E-state index in [-0.39, 0.29) is 18.4 Å². The molecular weight excluding hydrogens is 284 g/mol. The molecule has 0 bridgehead atoms. The minimum Gasteiger partial charge on any atom is -0.481 e. The fraction of sp³-hybridized carbons (Fsp3) is 0.364. The van der Waals surface area contributed by atoms with Crippen molar-refractivity contribution in [2.24, 2.45) is 11.7 Å². The van der Waals surface area contributed by atoms with Crippen LogP contribution in [-0.2, 0) is 11.2 Å². The predicted octanol–water partition coefficient (Wildman–Crippen LogP) is 3.06. The van der Waals surface area contributed by atoms with E-state index < -0.39 is 11.9 Å². The van der Waals surface area contributed by atoms with Gasteiger partial charge in [0.15, 0.2) is 0 Å². The van der Waals surface area contributed by atoms with Crippen molar-refractivity contribution in [2.45, 2.75) is 18.9 Å². The lowest BCUT2D eigenvalue weighted by Gasteiger charge is -2.27. The Balaban J connectivity index is 0.00000144. The molecule has 0 spiro atoms. The van der Waals surface area contributed by atoms with Crippen LogP contribution in [0.2, 0.25) is 10.0 Å². The molecule has 1 aromatic rings. The van der Waals surface area contributed by atoms with Crippen LogP contribution >= 0.6 is 35.6 Å². The largest absolute Gasteiger partial charge is 0.481 e. The quantitative estimate of drug-likeness (QED) is 0.837. The van der Waals surface area contributed by atoms with Crippen molar-refractivity contribution < 1.29 is 9.90 Å². The molecule has 1 aliphatic carbocycles. The average Bonchev–Trinajstić information content (AvgIpc) is 2.20. The van der Waals surface area contributed by atoms with Gasteiger partial charge >= 0.3 is 5.97 Å². The van der Waals surface area contributed by atoms with E-state index in [4.69, 9.17) is 34.0 Å². The first-order chi connectivity index (χ1) is 7.49. The Morgan fingerprint density at radius 2 is 1.94 bits per heavy atom. The lowest BCUT2D eigenvalue weighted by atomic mass is 9.81. The Labute approximate surface area is 115 Å². The minimum absolute atomic E-state index is 0. The molecule has 2 rings (SSSR count). The van der Waals surface area contributed by atoms with Crippen LogP contribution in [0.4, 0.5) is 0 Å². The van der Waals surface area contributed by atoms with Crippen molar-refractivity contribution in [1.82, 2.24) is 0 Å². The van der Waals surface area contributed by atoms with Crippen molar-refractivity contribution in [3.05, 3.63) is 33.3 Å². The third-order valence-corrected chi connectivity index (χ3v) is 3.66. The van der Waals surface area contributed by atoms with E-state index in [2.05, 4.69) is 0 Å². The first kappa shape index (κ1) is 14.6. The van der Waals surface area contributed by atoms with Gasteiger partial charge in [-0.25, -0.2) is 0 Å². The molecule has 0 saturated carbocycles. The molecular formula is C11H12Cl3NO2. The molecule has 0 unspecified atom stereocenters. The minimum atomic E-state index is -0.813. The standard InChI is InChI=1S/C11H11Cl2NO2.ClH/c12-8-2-5-1-6(11(15)16)3-10(14)7(5)4-9(8)13;/h2,4,6,10H,1,3,14H2,(H,15,16);1H/t6-,10+;/m0./s1. The second-order valence-corrected chi connectivity index (χ2v) is 4.86. The highest BCUT2D eigenvalue weighted by Crippen LogP contribution is 2.36. The second-order valence-electron chi connectivity index (χ2n) is 4.05. The normalized spacial score (nSPS) is 22.5. The van der Waals surface area contributed by atoms with Crippen molar-refractivity contribution in [3.63, 3.8) is 0 Å². The van der Waals surface area contributed by atoms with E-state index in [1.54, 1.807) is 12.1 Å². The number of hydrogen-bond donors (Lipinski definition) is 2. The van der Waals surface area contributed by atoms with Gasteiger partial charge in [0.25, 0.3) is 0 Å². The van der Waals surface area contributed by atoms with E-state index in [1.807, 2.05) is 0 Å². The molecule has 0 radical (unpaired) electrons. The van der Waals surface area contributed by atoms with Gasteiger partial charge in [-0.3, -0.25) is 4.79 Å². The molecule has 3 N–H and O–H groups in total. The van der Waals surface area contributed by atoms with Gasteiger partial charge in [0.1, 0.15) is 0 Å². The SMILES string of the molecule is Cl.N[C@@H]1C[C@@H](C(=O)O)Cc2cc(Cl)c(Cl)cc21. The summed E-state index contributed by atoms with van der Waals surface area (Å²) >= 11 is 11.8. The number of carboxylic acids is 1. The van der Waals surface area contributed by atoms with Gasteiger partial charge in [0.2, 0.25) is 0 Å². The molecule has 0 amide bonds. The van der Waals surface area contributed by atoms with Gasteiger partial charge < -0.3 is 10.8 Å². The molecule has 6 heteroatoms. The molecule has 2 atom stereocenters. The fourth-order valence-electron chi connectivity index (χ4n) is 2.10. The molecule has 0 aliphatic heterocycles. The van der Waals surface area contributed by atoms with Gasteiger partial charge in [-0.05, 0) is 36.1 Å². The summed E-state index contributed by atoms with van der Waals surface area (Å²) in [6, 6.07) is 3.18. The summed E-state index contributed by atoms with van der Waals surface area (Å²) in [5, 5.41) is 9.90. The summed E-state index contributed by atoms with van der Waals surface area (Å²) in [5.74, 6) is -1.24.